The Hall–Kier alpha value is -6.57. The zero-order valence-electron chi connectivity index (χ0n) is 31.7. The molecule has 60 heavy (non-hydrogen) atoms. The Bertz CT molecular complexity index is 3010. The van der Waals surface area contributed by atoms with E-state index in [1.807, 2.05) is 39.8 Å². The third-order valence-corrected chi connectivity index (χ3v) is 13.6. The SMILES string of the molecule is CC1(C)Oc2cc(C=C3C(=O)c4cc5cc(F)c(F)cc5cc4C3=O)sc2-c2cc3c(cc21)-c1sc(C=C2C(=O)c4cc5cc(F)c(F)cc5cc4C2=O)nc1OC3(C)C. The summed E-state index contributed by atoms with van der Waals surface area (Å²) in [5.74, 6) is -5.43. The predicted octanol–water partition coefficient (Wildman–Crippen LogP) is 11.6. The van der Waals surface area contributed by atoms with E-state index in [1.54, 1.807) is 6.07 Å². The fourth-order valence-electron chi connectivity index (χ4n) is 8.60. The molecule has 0 amide bonds. The predicted molar refractivity (Wildman–Crippen MR) is 219 cm³/mol. The van der Waals surface area contributed by atoms with Gasteiger partial charge >= 0.3 is 0 Å². The van der Waals surface area contributed by atoms with E-state index in [4.69, 9.17) is 14.5 Å². The number of carbonyl (C=O) groups excluding carboxylic acids is 4. The van der Waals surface area contributed by atoms with Gasteiger partial charge in [-0.2, -0.15) is 0 Å². The number of rotatable bonds is 2. The molecule has 0 unspecified atom stereocenters. The van der Waals surface area contributed by atoms with E-state index in [-0.39, 0.29) is 33.4 Å². The van der Waals surface area contributed by atoms with Crippen LogP contribution < -0.4 is 9.47 Å². The van der Waals surface area contributed by atoms with Crippen LogP contribution in [-0.4, -0.2) is 28.1 Å². The second kappa shape index (κ2) is 12.0. The molecule has 4 heterocycles. The molecule has 0 saturated carbocycles. The molecule has 0 fully saturated rings. The number of ether oxygens (including phenoxy) is 2. The third-order valence-electron chi connectivity index (χ3n) is 11.5. The summed E-state index contributed by atoms with van der Waals surface area (Å²) in [6.45, 7) is 7.69. The van der Waals surface area contributed by atoms with Crippen LogP contribution in [0.1, 0.15) is 90.1 Å². The largest absolute Gasteiger partial charge is 0.482 e. The van der Waals surface area contributed by atoms with Gasteiger partial charge in [0.15, 0.2) is 46.4 Å². The van der Waals surface area contributed by atoms with Gasteiger partial charge in [0.25, 0.3) is 0 Å². The maximum Gasteiger partial charge on any atom is 0.234 e. The number of Topliss-reactive ketones (excluding diaryl/α,β-unsaturated/α-hetero) is 4. The standard InChI is InChI=1S/C47H25F4NO6S2/c1-46(2)31-16-28-32(15-27(31)43-37(57-46)14-22(59-43)13-29-39(53)23-5-18-9-33(48)34(49)10-19(18)6-24(23)40(29)54)47(3,4)58-45-44(28)60-38(52-45)17-30-41(55)25-7-20-11-35(50)36(51)12-21(20)8-26(25)42(30)56/h5-17H,1-4H3. The molecule has 13 heteroatoms. The number of carbonyl (C=O) groups is 4. The summed E-state index contributed by atoms with van der Waals surface area (Å²) in [7, 11) is 0. The molecule has 0 saturated heterocycles. The van der Waals surface area contributed by atoms with Crippen molar-refractivity contribution in [1.82, 2.24) is 4.98 Å². The monoisotopic (exact) mass is 839 g/mol. The third kappa shape index (κ3) is 5.15. The van der Waals surface area contributed by atoms with Crippen molar-refractivity contribution in [2.24, 2.45) is 0 Å². The Morgan fingerprint density at radius 2 is 0.917 bits per heavy atom. The van der Waals surface area contributed by atoms with Crippen LogP contribution in [0.25, 0.3) is 54.6 Å². The molecule has 11 rings (SSSR count). The van der Waals surface area contributed by atoms with E-state index in [9.17, 15) is 36.7 Å². The summed E-state index contributed by atoms with van der Waals surface area (Å²) < 4.78 is 69.0. The fraction of sp³-hybridized carbons (Fsp3) is 0.128. The van der Waals surface area contributed by atoms with E-state index in [0.29, 0.717) is 47.9 Å². The minimum absolute atomic E-state index is 0.0631. The zero-order valence-corrected chi connectivity index (χ0v) is 33.4. The summed E-state index contributed by atoms with van der Waals surface area (Å²) in [4.78, 5) is 61.0. The highest BCUT2D eigenvalue weighted by Crippen LogP contribution is 2.56. The zero-order chi connectivity index (χ0) is 41.9. The van der Waals surface area contributed by atoms with Crippen molar-refractivity contribution in [3.8, 4) is 32.5 Å². The lowest BCUT2D eigenvalue weighted by molar-refractivity contribution is 0.0972. The minimum Gasteiger partial charge on any atom is -0.482 e. The molecule has 0 N–H and O–H groups in total. The molecule has 5 aromatic carbocycles. The second-order valence-electron chi connectivity index (χ2n) is 16.2. The van der Waals surface area contributed by atoms with Gasteiger partial charge in [-0.3, -0.25) is 19.2 Å². The lowest BCUT2D eigenvalue weighted by Crippen LogP contribution is -2.32. The summed E-state index contributed by atoms with van der Waals surface area (Å²) in [5.41, 5.74) is 1.95. The van der Waals surface area contributed by atoms with Gasteiger partial charge in [0.1, 0.15) is 22.0 Å². The number of aromatic nitrogens is 1. The lowest BCUT2D eigenvalue weighted by atomic mass is 9.81. The van der Waals surface area contributed by atoms with Gasteiger partial charge in [0.2, 0.25) is 5.88 Å². The average Bonchev–Trinajstić information content (AvgIpc) is 3.90. The number of hydrogen-bond acceptors (Lipinski definition) is 9. The summed E-state index contributed by atoms with van der Waals surface area (Å²) >= 11 is 2.59. The number of benzene rings is 5. The molecule has 2 aromatic heterocycles. The Labute approximate surface area is 345 Å². The maximum absolute atomic E-state index is 14.0. The molecule has 0 bridgehead atoms. The normalized spacial score (nSPS) is 16.6. The Balaban J connectivity index is 0.963. The molecular formula is C47H25F4NO6S2. The van der Waals surface area contributed by atoms with Crippen molar-refractivity contribution in [3.63, 3.8) is 0 Å². The smallest absolute Gasteiger partial charge is 0.234 e. The highest BCUT2D eigenvalue weighted by molar-refractivity contribution is 7.17. The highest BCUT2D eigenvalue weighted by Gasteiger charge is 2.42. The van der Waals surface area contributed by atoms with Gasteiger partial charge in [-0.15, -0.1) is 22.7 Å². The van der Waals surface area contributed by atoms with Crippen LogP contribution in [0.15, 0.2) is 77.9 Å². The molecule has 0 atom stereocenters. The van der Waals surface area contributed by atoms with Gasteiger partial charge in [0.05, 0.1) is 20.9 Å². The van der Waals surface area contributed by atoms with Crippen molar-refractivity contribution < 1.29 is 46.2 Å². The van der Waals surface area contributed by atoms with E-state index in [0.717, 1.165) is 51.4 Å². The van der Waals surface area contributed by atoms with E-state index in [2.05, 4.69) is 0 Å². The van der Waals surface area contributed by atoms with Crippen molar-refractivity contribution in [1.29, 1.82) is 0 Å². The number of nitrogens with zero attached hydrogens (tertiary/aromatic N) is 1. The Morgan fingerprint density at radius 3 is 1.38 bits per heavy atom. The minimum atomic E-state index is -1.06. The van der Waals surface area contributed by atoms with Crippen molar-refractivity contribution >= 4 is 79.5 Å². The number of thiophene rings is 1. The maximum atomic E-state index is 14.0. The first-order valence-corrected chi connectivity index (χ1v) is 20.3. The van der Waals surface area contributed by atoms with Crippen LogP contribution in [0.4, 0.5) is 17.6 Å². The van der Waals surface area contributed by atoms with E-state index < -0.39 is 57.6 Å². The van der Waals surface area contributed by atoms with Gasteiger partial charge < -0.3 is 9.47 Å². The first-order valence-electron chi connectivity index (χ1n) is 18.7. The molecule has 0 radical (unpaired) electrons. The number of hydrogen-bond donors (Lipinski definition) is 0. The van der Waals surface area contributed by atoms with Crippen molar-refractivity contribution in [2.45, 2.75) is 38.9 Å². The summed E-state index contributed by atoms with van der Waals surface area (Å²) in [6.07, 6.45) is 2.95. The van der Waals surface area contributed by atoms with Crippen molar-refractivity contribution in [2.75, 3.05) is 0 Å². The van der Waals surface area contributed by atoms with Crippen LogP contribution in [-0.2, 0) is 11.2 Å². The number of thiazole rings is 1. The van der Waals surface area contributed by atoms with Crippen molar-refractivity contribution in [3.05, 3.63) is 144 Å². The molecule has 294 valence electrons. The lowest BCUT2D eigenvalue weighted by Gasteiger charge is -2.38. The van der Waals surface area contributed by atoms with Gasteiger partial charge in [-0.1, -0.05) is 0 Å². The second-order valence-corrected chi connectivity index (χ2v) is 18.3. The topological polar surface area (TPSA) is 99.6 Å². The molecule has 4 aliphatic rings. The molecular weight excluding hydrogens is 815 g/mol. The number of allylic oxidation sites excluding steroid dienone is 2. The van der Waals surface area contributed by atoms with Crippen LogP contribution in [0.5, 0.6) is 11.6 Å². The van der Waals surface area contributed by atoms with E-state index >= 15 is 0 Å². The Morgan fingerprint density at radius 1 is 0.500 bits per heavy atom. The fourth-order valence-corrected chi connectivity index (χ4v) is 10.6. The summed E-state index contributed by atoms with van der Waals surface area (Å²) in [6, 6.07) is 15.5. The number of halogens is 4. The van der Waals surface area contributed by atoms with Crippen LogP contribution in [0.3, 0.4) is 0 Å². The van der Waals surface area contributed by atoms with Gasteiger partial charge in [0, 0.05) is 49.4 Å². The van der Waals surface area contributed by atoms with Crippen LogP contribution in [0, 0.1) is 23.3 Å². The van der Waals surface area contributed by atoms with E-state index in [1.165, 1.54) is 59.1 Å². The quantitative estimate of drug-likeness (QED) is 0.0971. The molecule has 2 aliphatic heterocycles. The van der Waals surface area contributed by atoms with Gasteiger partial charge in [-0.05, 0) is 128 Å². The molecule has 2 aliphatic carbocycles. The molecule has 7 nitrogen and oxygen atoms in total. The van der Waals surface area contributed by atoms with Gasteiger partial charge in [-0.25, -0.2) is 22.5 Å². The first-order chi connectivity index (χ1) is 28.5. The molecule has 7 aromatic rings. The average molecular weight is 840 g/mol. The Kier molecular flexibility index (Phi) is 7.31. The molecule has 0 spiro atoms. The van der Waals surface area contributed by atoms with Crippen LogP contribution >= 0.6 is 22.7 Å². The highest BCUT2D eigenvalue weighted by atomic mass is 32.1. The first kappa shape index (κ1) is 36.5. The summed E-state index contributed by atoms with van der Waals surface area (Å²) in [5, 5.41) is 1.56. The number of fused-ring (bicyclic) bond motifs is 10. The van der Waals surface area contributed by atoms with Crippen LogP contribution in [0.2, 0.25) is 0 Å². The number of ketones is 4.